The van der Waals surface area contributed by atoms with Gasteiger partial charge >= 0.3 is 0 Å². The lowest BCUT2D eigenvalue weighted by Crippen LogP contribution is -2.23. The summed E-state index contributed by atoms with van der Waals surface area (Å²) in [5.41, 5.74) is 3.79. The maximum Gasteiger partial charge on any atom is 0.119 e. The van der Waals surface area contributed by atoms with Gasteiger partial charge in [0.2, 0.25) is 0 Å². The van der Waals surface area contributed by atoms with Crippen LogP contribution in [0.5, 0.6) is 5.75 Å². The number of likely N-dealkylation sites (N-methyl/N-ethyl adjacent to an activating group) is 1. The molecule has 0 aliphatic rings. The van der Waals surface area contributed by atoms with E-state index in [2.05, 4.69) is 48.6 Å². The number of benzene rings is 2. The molecule has 2 nitrogen and oxygen atoms in total. The molecule has 1 atom stereocenters. The molecule has 2 heteroatoms. The van der Waals surface area contributed by atoms with E-state index in [0.29, 0.717) is 12.6 Å². The SMILES string of the molecule is CCOc1cccc(-c2ccc(CC(C)NC)cc2)c1. The average Bonchev–Trinajstić information content (AvgIpc) is 2.48. The third-order valence-electron chi connectivity index (χ3n) is 3.47. The van der Waals surface area contributed by atoms with Crippen LogP contribution >= 0.6 is 0 Å². The molecule has 0 aromatic heterocycles. The summed E-state index contributed by atoms with van der Waals surface area (Å²) in [6.45, 7) is 4.90. The maximum absolute atomic E-state index is 5.55. The predicted octanol–water partition coefficient (Wildman–Crippen LogP) is 3.90. The normalized spacial score (nSPS) is 12.2. The zero-order valence-corrected chi connectivity index (χ0v) is 12.5. The Balaban J connectivity index is 2.15. The van der Waals surface area contributed by atoms with Gasteiger partial charge < -0.3 is 10.1 Å². The molecular formula is C18H23NO. The predicted molar refractivity (Wildman–Crippen MR) is 85.3 cm³/mol. The Bertz CT molecular complexity index is 533. The highest BCUT2D eigenvalue weighted by molar-refractivity contribution is 5.65. The molecule has 0 aliphatic heterocycles. The molecule has 0 spiro atoms. The molecular weight excluding hydrogens is 246 g/mol. The highest BCUT2D eigenvalue weighted by Gasteiger charge is 2.03. The summed E-state index contributed by atoms with van der Waals surface area (Å²) in [7, 11) is 2.00. The van der Waals surface area contributed by atoms with Crippen molar-refractivity contribution in [2.45, 2.75) is 26.3 Å². The van der Waals surface area contributed by atoms with E-state index in [1.807, 2.05) is 26.1 Å². The number of rotatable bonds is 6. The molecule has 0 saturated heterocycles. The quantitative estimate of drug-likeness (QED) is 0.858. The van der Waals surface area contributed by atoms with Crippen LogP contribution in [0.3, 0.4) is 0 Å². The smallest absolute Gasteiger partial charge is 0.119 e. The van der Waals surface area contributed by atoms with Crippen LogP contribution < -0.4 is 10.1 Å². The first-order valence-electron chi connectivity index (χ1n) is 7.22. The fourth-order valence-electron chi connectivity index (χ4n) is 2.22. The number of hydrogen-bond donors (Lipinski definition) is 1. The van der Waals surface area contributed by atoms with Gasteiger partial charge in [-0.25, -0.2) is 0 Å². The summed E-state index contributed by atoms with van der Waals surface area (Å²) in [6, 6.07) is 17.5. The molecule has 20 heavy (non-hydrogen) atoms. The number of ether oxygens (including phenoxy) is 1. The largest absolute Gasteiger partial charge is 0.494 e. The number of hydrogen-bond acceptors (Lipinski definition) is 2. The molecule has 0 bridgehead atoms. The van der Waals surface area contributed by atoms with Gasteiger partial charge in [-0.3, -0.25) is 0 Å². The first-order valence-corrected chi connectivity index (χ1v) is 7.22. The standard InChI is InChI=1S/C18H23NO/c1-4-20-18-7-5-6-17(13-18)16-10-8-15(9-11-16)12-14(2)19-3/h5-11,13-14,19H,4,12H2,1-3H3. The van der Waals surface area contributed by atoms with Crippen LogP contribution in [0.15, 0.2) is 48.5 Å². The molecule has 0 heterocycles. The topological polar surface area (TPSA) is 21.3 Å². The van der Waals surface area contributed by atoms with Crippen molar-refractivity contribution in [1.82, 2.24) is 5.32 Å². The fraction of sp³-hybridized carbons (Fsp3) is 0.333. The molecule has 1 N–H and O–H groups in total. The first kappa shape index (κ1) is 14.6. The lowest BCUT2D eigenvalue weighted by molar-refractivity contribution is 0.340. The summed E-state index contributed by atoms with van der Waals surface area (Å²) >= 11 is 0. The van der Waals surface area contributed by atoms with Gasteiger partial charge in [0.25, 0.3) is 0 Å². The van der Waals surface area contributed by atoms with Crippen molar-refractivity contribution >= 4 is 0 Å². The van der Waals surface area contributed by atoms with Gasteiger partial charge in [-0.2, -0.15) is 0 Å². The van der Waals surface area contributed by atoms with Crippen LogP contribution in [0.25, 0.3) is 11.1 Å². The van der Waals surface area contributed by atoms with Crippen LogP contribution in [-0.2, 0) is 6.42 Å². The third-order valence-corrected chi connectivity index (χ3v) is 3.47. The van der Waals surface area contributed by atoms with Gasteiger partial charge in [-0.15, -0.1) is 0 Å². The fourth-order valence-corrected chi connectivity index (χ4v) is 2.22. The summed E-state index contributed by atoms with van der Waals surface area (Å²) < 4.78 is 5.55. The van der Waals surface area contributed by atoms with Gasteiger partial charge in [0.15, 0.2) is 0 Å². The van der Waals surface area contributed by atoms with Gasteiger partial charge in [0.1, 0.15) is 5.75 Å². The second kappa shape index (κ2) is 7.11. The summed E-state index contributed by atoms with van der Waals surface area (Å²) in [4.78, 5) is 0. The lowest BCUT2D eigenvalue weighted by atomic mass is 10.0. The van der Waals surface area contributed by atoms with E-state index in [1.54, 1.807) is 0 Å². The Labute approximate surface area is 121 Å². The maximum atomic E-state index is 5.55. The molecule has 2 aromatic rings. The highest BCUT2D eigenvalue weighted by Crippen LogP contribution is 2.24. The van der Waals surface area contributed by atoms with Crippen molar-refractivity contribution in [3.05, 3.63) is 54.1 Å². The van der Waals surface area contributed by atoms with Crippen LogP contribution in [0.1, 0.15) is 19.4 Å². The van der Waals surface area contributed by atoms with E-state index in [-0.39, 0.29) is 0 Å². The van der Waals surface area contributed by atoms with Crippen LogP contribution in [-0.4, -0.2) is 19.7 Å². The van der Waals surface area contributed by atoms with E-state index in [0.717, 1.165) is 12.2 Å². The van der Waals surface area contributed by atoms with Crippen molar-refractivity contribution < 1.29 is 4.74 Å². The molecule has 106 valence electrons. The Morgan fingerprint density at radius 1 is 1.05 bits per heavy atom. The number of nitrogens with one attached hydrogen (secondary N) is 1. The van der Waals surface area contributed by atoms with Crippen molar-refractivity contribution in [2.75, 3.05) is 13.7 Å². The van der Waals surface area contributed by atoms with Crippen molar-refractivity contribution in [3.63, 3.8) is 0 Å². The van der Waals surface area contributed by atoms with Gasteiger partial charge in [-0.05, 0) is 56.1 Å². The molecule has 0 amide bonds. The van der Waals surface area contributed by atoms with E-state index in [1.165, 1.54) is 16.7 Å². The monoisotopic (exact) mass is 269 g/mol. The van der Waals surface area contributed by atoms with Crippen molar-refractivity contribution in [1.29, 1.82) is 0 Å². The molecule has 1 unspecified atom stereocenters. The minimum Gasteiger partial charge on any atom is -0.494 e. The Morgan fingerprint density at radius 3 is 2.45 bits per heavy atom. The van der Waals surface area contributed by atoms with Crippen LogP contribution in [0.2, 0.25) is 0 Å². The van der Waals surface area contributed by atoms with E-state index in [4.69, 9.17) is 4.74 Å². The summed E-state index contributed by atoms with van der Waals surface area (Å²) in [5, 5.41) is 3.26. The van der Waals surface area contributed by atoms with Crippen molar-refractivity contribution in [3.8, 4) is 16.9 Å². The van der Waals surface area contributed by atoms with Crippen LogP contribution in [0, 0.1) is 0 Å². The second-order valence-corrected chi connectivity index (χ2v) is 5.05. The lowest BCUT2D eigenvalue weighted by Gasteiger charge is -2.11. The molecule has 2 aromatic carbocycles. The summed E-state index contributed by atoms with van der Waals surface area (Å²) in [5.74, 6) is 0.929. The third kappa shape index (κ3) is 3.84. The van der Waals surface area contributed by atoms with E-state index >= 15 is 0 Å². The second-order valence-electron chi connectivity index (χ2n) is 5.05. The zero-order valence-electron chi connectivity index (χ0n) is 12.5. The Morgan fingerprint density at radius 2 is 1.80 bits per heavy atom. The zero-order chi connectivity index (χ0) is 14.4. The van der Waals surface area contributed by atoms with Gasteiger partial charge in [0, 0.05) is 6.04 Å². The van der Waals surface area contributed by atoms with Gasteiger partial charge in [0.05, 0.1) is 6.61 Å². The van der Waals surface area contributed by atoms with Crippen LogP contribution in [0.4, 0.5) is 0 Å². The summed E-state index contributed by atoms with van der Waals surface area (Å²) in [6.07, 6.45) is 1.05. The minimum atomic E-state index is 0.502. The molecule has 2 rings (SSSR count). The molecule has 0 fully saturated rings. The van der Waals surface area contributed by atoms with Gasteiger partial charge in [-0.1, -0.05) is 36.4 Å². The first-order chi connectivity index (χ1) is 9.72. The van der Waals surface area contributed by atoms with E-state index in [9.17, 15) is 0 Å². The molecule has 0 radical (unpaired) electrons. The molecule has 0 aliphatic carbocycles. The molecule has 0 saturated carbocycles. The van der Waals surface area contributed by atoms with Crippen molar-refractivity contribution in [2.24, 2.45) is 0 Å². The van der Waals surface area contributed by atoms with E-state index < -0.39 is 0 Å². The minimum absolute atomic E-state index is 0.502. The average molecular weight is 269 g/mol. The Hall–Kier alpha value is -1.80. The highest BCUT2D eigenvalue weighted by atomic mass is 16.5. The Kier molecular flexibility index (Phi) is 5.19.